The van der Waals surface area contributed by atoms with Crippen molar-refractivity contribution in [2.24, 2.45) is 5.92 Å². The molecule has 0 atom stereocenters. The highest BCUT2D eigenvalue weighted by Crippen LogP contribution is 2.13. The van der Waals surface area contributed by atoms with E-state index in [0.717, 1.165) is 32.7 Å². The Bertz CT molecular complexity index is 451. The molecule has 0 aliphatic carbocycles. The number of carbonyl (C=O) groups excluding carboxylic acids is 1. The first kappa shape index (κ1) is 15.6. The van der Waals surface area contributed by atoms with Crippen LogP contribution in [-0.4, -0.2) is 55.0 Å². The summed E-state index contributed by atoms with van der Waals surface area (Å²) in [5.41, 5.74) is 6.30. The predicted octanol–water partition coefficient (Wildman–Crippen LogP) is 1.45. The van der Waals surface area contributed by atoms with Crippen LogP contribution in [0, 0.1) is 5.92 Å². The van der Waals surface area contributed by atoms with Gasteiger partial charge < -0.3 is 15.4 Å². The van der Waals surface area contributed by atoms with Crippen LogP contribution in [0.2, 0.25) is 0 Å². The SMILES string of the molecule is CC(C)CN1CCN(C(=O)COc2ccc(N)cc2)CC1. The van der Waals surface area contributed by atoms with Crippen molar-refractivity contribution in [3.05, 3.63) is 24.3 Å². The minimum atomic E-state index is 0.0519. The molecule has 0 unspecified atom stereocenters. The number of anilines is 1. The fraction of sp³-hybridized carbons (Fsp3) is 0.562. The van der Waals surface area contributed by atoms with Crippen molar-refractivity contribution in [2.45, 2.75) is 13.8 Å². The van der Waals surface area contributed by atoms with Gasteiger partial charge in [0.15, 0.2) is 6.61 Å². The molecule has 1 heterocycles. The molecule has 1 amide bonds. The summed E-state index contributed by atoms with van der Waals surface area (Å²) >= 11 is 0. The third kappa shape index (κ3) is 4.93. The molecule has 1 aromatic rings. The van der Waals surface area contributed by atoms with E-state index in [-0.39, 0.29) is 12.5 Å². The highest BCUT2D eigenvalue weighted by atomic mass is 16.5. The molecule has 0 bridgehead atoms. The summed E-state index contributed by atoms with van der Waals surface area (Å²) in [7, 11) is 0. The maximum Gasteiger partial charge on any atom is 0.260 e. The third-order valence-electron chi connectivity index (χ3n) is 3.59. The quantitative estimate of drug-likeness (QED) is 0.834. The minimum Gasteiger partial charge on any atom is -0.484 e. The van der Waals surface area contributed by atoms with E-state index in [0.29, 0.717) is 17.4 Å². The van der Waals surface area contributed by atoms with Gasteiger partial charge in [0.2, 0.25) is 0 Å². The Morgan fingerprint density at radius 1 is 1.19 bits per heavy atom. The largest absolute Gasteiger partial charge is 0.484 e. The van der Waals surface area contributed by atoms with E-state index in [9.17, 15) is 4.79 Å². The van der Waals surface area contributed by atoms with Gasteiger partial charge in [-0.25, -0.2) is 0 Å². The lowest BCUT2D eigenvalue weighted by Gasteiger charge is -2.35. The highest BCUT2D eigenvalue weighted by molar-refractivity contribution is 5.77. The first-order valence-electron chi connectivity index (χ1n) is 7.53. The van der Waals surface area contributed by atoms with Gasteiger partial charge in [0.1, 0.15) is 5.75 Å². The maximum absolute atomic E-state index is 12.1. The summed E-state index contributed by atoms with van der Waals surface area (Å²) in [5, 5.41) is 0. The van der Waals surface area contributed by atoms with Gasteiger partial charge in [0.05, 0.1) is 0 Å². The molecule has 21 heavy (non-hydrogen) atoms. The topological polar surface area (TPSA) is 58.8 Å². The summed E-state index contributed by atoms with van der Waals surface area (Å²) in [6, 6.07) is 7.10. The third-order valence-corrected chi connectivity index (χ3v) is 3.59. The molecule has 1 aliphatic heterocycles. The molecule has 1 fully saturated rings. The summed E-state index contributed by atoms with van der Waals surface area (Å²) in [6.45, 7) is 9.11. The van der Waals surface area contributed by atoms with Crippen molar-refractivity contribution in [3.8, 4) is 5.75 Å². The van der Waals surface area contributed by atoms with E-state index in [1.54, 1.807) is 24.3 Å². The Hall–Kier alpha value is -1.75. The fourth-order valence-electron chi connectivity index (χ4n) is 2.50. The van der Waals surface area contributed by atoms with E-state index < -0.39 is 0 Å². The molecule has 0 spiro atoms. The number of carbonyl (C=O) groups is 1. The number of ether oxygens (including phenoxy) is 1. The normalized spacial score (nSPS) is 16.2. The lowest BCUT2D eigenvalue weighted by molar-refractivity contribution is -0.135. The molecular formula is C16H25N3O2. The molecule has 1 aliphatic rings. The second-order valence-corrected chi connectivity index (χ2v) is 5.93. The van der Waals surface area contributed by atoms with Gasteiger partial charge in [0.25, 0.3) is 5.91 Å². The van der Waals surface area contributed by atoms with Crippen molar-refractivity contribution >= 4 is 11.6 Å². The number of nitrogens with zero attached hydrogens (tertiary/aromatic N) is 2. The van der Waals surface area contributed by atoms with Crippen LogP contribution in [-0.2, 0) is 4.79 Å². The van der Waals surface area contributed by atoms with E-state index in [1.165, 1.54) is 0 Å². The molecule has 116 valence electrons. The number of benzene rings is 1. The molecule has 0 saturated carbocycles. The van der Waals surface area contributed by atoms with Crippen molar-refractivity contribution in [1.29, 1.82) is 0 Å². The molecule has 1 aromatic carbocycles. The molecule has 2 N–H and O–H groups in total. The van der Waals surface area contributed by atoms with E-state index in [2.05, 4.69) is 18.7 Å². The first-order valence-corrected chi connectivity index (χ1v) is 7.53. The first-order chi connectivity index (χ1) is 10.0. The molecule has 1 saturated heterocycles. The number of nitrogen functional groups attached to an aromatic ring is 1. The summed E-state index contributed by atoms with van der Waals surface area (Å²) in [6.07, 6.45) is 0. The molecule has 2 rings (SSSR count). The van der Waals surface area contributed by atoms with Crippen LogP contribution in [0.15, 0.2) is 24.3 Å². The zero-order valence-electron chi connectivity index (χ0n) is 12.9. The molecule has 0 aromatic heterocycles. The second kappa shape index (κ2) is 7.31. The van der Waals surface area contributed by atoms with Crippen LogP contribution < -0.4 is 10.5 Å². The van der Waals surface area contributed by atoms with Crippen molar-refractivity contribution in [3.63, 3.8) is 0 Å². The average Bonchev–Trinajstić information content (AvgIpc) is 2.46. The van der Waals surface area contributed by atoms with Gasteiger partial charge in [-0.15, -0.1) is 0 Å². The number of hydrogen-bond donors (Lipinski definition) is 1. The van der Waals surface area contributed by atoms with Gasteiger partial charge in [-0.1, -0.05) is 13.8 Å². The van der Waals surface area contributed by atoms with Crippen LogP contribution >= 0.6 is 0 Å². The van der Waals surface area contributed by atoms with Gasteiger partial charge in [-0.05, 0) is 30.2 Å². The number of rotatable bonds is 5. The number of piperazine rings is 1. The van der Waals surface area contributed by atoms with Crippen LogP contribution in [0.1, 0.15) is 13.8 Å². The maximum atomic E-state index is 12.1. The van der Waals surface area contributed by atoms with Crippen LogP contribution in [0.3, 0.4) is 0 Å². The molecular weight excluding hydrogens is 266 g/mol. The lowest BCUT2D eigenvalue weighted by Crippen LogP contribution is -2.50. The summed E-state index contributed by atoms with van der Waals surface area (Å²) in [5.74, 6) is 1.40. The Balaban J connectivity index is 1.73. The van der Waals surface area contributed by atoms with E-state index in [4.69, 9.17) is 10.5 Å². The van der Waals surface area contributed by atoms with Crippen LogP contribution in [0.5, 0.6) is 5.75 Å². The van der Waals surface area contributed by atoms with Crippen LogP contribution in [0.4, 0.5) is 5.69 Å². The Kier molecular flexibility index (Phi) is 5.44. The second-order valence-electron chi connectivity index (χ2n) is 5.93. The van der Waals surface area contributed by atoms with Crippen molar-refractivity contribution in [1.82, 2.24) is 9.80 Å². The predicted molar refractivity (Wildman–Crippen MR) is 84.2 cm³/mol. The molecule has 5 nitrogen and oxygen atoms in total. The molecule has 0 radical (unpaired) electrons. The van der Waals surface area contributed by atoms with Crippen LogP contribution in [0.25, 0.3) is 0 Å². The average molecular weight is 291 g/mol. The van der Waals surface area contributed by atoms with Gasteiger partial charge in [-0.2, -0.15) is 0 Å². The number of nitrogens with two attached hydrogens (primary N) is 1. The van der Waals surface area contributed by atoms with Crippen molar-refractivity contribution in [2.75, 3.05) is 45.1 Å². The fourth-order valence-corrected chi connectivity index (χ4v) is 2.50. The minimum absolute atomic E-state index is 0.0519. The molecule has 5 heteroatoms. The Morgan fingerprint density at radius 3 is 2.38 bits per heavy atom. The smallest absolute Gasteiger partial charge is 0.260 e. The van der Waals surface area contributed by atoms with Gasteiger partial charge >= 0.3 is 0 Å². The Morgan fingerprint density at radius 2 is 1.81 bits per heavy atom. The Labute approximate surface area is 126 Å². The van der Waals surface area contributed by atoms with E-state index in [1.807, 2.05) is 4.90 Å². The monoisotopic (exact) mass is 291 g/mol. The van der Waals surface area contributed by atoms with E-state index >= 15 is 0 Å². The number of amides is 1. The van der Waals surface area contributed by atoms with Gasteiger partial charge in [0, 0.05) is 38.4 Å². The lowest BCUT2D eigenvalue weighted by atomic mass is 10.2. The highest BCUT2D eigenvalue weighted by Gasteiger charge is 2.21. The summed E-state index contributed by atoms with van der Waals surface area (Å²) < 4.78 is 5.51. The van der Waals surface area contributed by atoms with Crippen molar-refractivity contribution < 1.29 is 9.53 Å². The standard InChI is InChI=1S/C16H25N3O2/c1-13(2)11-18-7-9-19(10-8-18)16(20)12-21-15-5-3-14(17)4-6-15/h3-6,13H,7-12,17H2,1-2H3. The number of hydrogen-bond acceptors (Lipinski definition) is 4. The summed E-state index contributed by atoms with van der Waals surface area (Å²) in [4.78, 5) is 16.4. The zero-order valence-corrected chi connectivity index (χ0v) is 12.9. The zero-order chi connectivity index (χ0) is 15.2. The van der Waals surface area contributed by atoms with Gasteiger partial charge in [-0.3, -0.25) is 9.69 Å².